The molecule has 1 aromatic rings. The van der Waals surface area contributed by atoms with Gasteiger partial charge in [-0.3, -0.25) is 9.79 Å². The number of carboxylic acid groups (broad SMARTS) is 1. The molecule has 0 radical (unpaired) electrons. The van der Waals surface area contributed by atoms with Gasteiger partial charge < -0.3 is 10.4 Å². The van der Waals surface area contributed by atoms with Crippen LogP contribution in [0.25, 0.3) is 0 Å². The summed E-state index contributed by atoms with van der Waals surface area (Å²) < 4.78 is 13.2. The van der Waals surface area contributed by atoms with Crippen LogP contribution >= 0.6 is 0 Å². The van der Waals surface area contributed by atoms with Crippen LogP contribution in [-0.4, -0.2) is 29.0 Å². The van der Waals surface area contributed by atoms with Gasteiger partial charge in [0.1, 0.15) is 11.7 Å². The van der Waals surface area contributed by atoms with E-state index in [0.717, 1.165) is 12.0 Å². The molecule has 0 bridgehead atoms. The lowest BCUT2D eigenvalue weighted by molar-refractivity contribution is -0.143. The van der Waals surface area contributed by atoms with E-state index in [1.165, 1.54) is 12.1 Å². The van der Waals surface area contributed by atoms with E-state index in [-0.39, 0.29) is 23.8 Å². The molecule has 1 aliphatic heterocycles. The molecule has 2 N–H and O–H groups in total. The summed E-state index contributed by atoms with van der Waals surface area (Å²) in [6, 6.07) is 6.48. The smallest absolute Gasteiger partial charge is 0.306 e. The lowest BCUT2D eigenvalue weighted by Gasteiger charge is -2.28. The molecule has 3 atom stereocenters. The summed E-state index contributed by atoms with van der Waals surface area (Å²) in [4.78, 5) is 15.6. The number of fused-ring (bicyclic) bond motifs is 1. The van der Waals surface area contributed by atoms with Gasteiger partial charge in [0.15, 0.2) is 0 Å². The molecule has 0 saturated heterocycles. The molecule has 2 aliphatic rings. The number of rotatable bonds is 2. The zero-order valence-electron chi connectivity index (χ0n) is 10.3. The second-order valence-electron chi connectivity index (χ2n) is 5.15. The monoisotopic (exact) mass is 262 g/mol. The number of aliphatic imine (C=N–C) groups is 1. The van der Waals surface area contributed by atoms with Crippen molar-refractivity contribution < 1.29 is 14.3 Å². The highest BCUT2D eigenvalue weighted by Crippen LogP contribution is 2.30. The van der Waals surface area contributed by atoms with Crippen molar-refractivity contribution in [2.45, 2.75) is 31.3 Å². The van der Waals surface area contributed by atoms with Gasteiger partial charge in [-0.25, -0.2) is 4.39 Å². The van der Waals surface area contributed by atoms with E-state index in [0.29, 0.717) is 18.7 Å². The molecule has 1 heterocycles. The van der Waals surface area contributed by atoms with Crippen LogP contribution in [0.3, 0.4) is 0 Å². The minimum absolute atomic E-state index is 0.0631. The van der Waals surface area contributed by atoms with Gasteiger partial charge in [0, 0.05) is 5.56 Å². The maximum absolute atomic E-state index is 13.2. The second kappa shape index (κ2) is 4.64. The average Bonchev–Trinajstić information content (AvgIpc) is 2.81. The number of halogens is 1. The molecule has 100 valence electrons. The van der Waals surface area contributed by atoms with Gasteiger partial charge in [-0.15, -0.1) is 0 Å². The Labute approximate surface area is 110 Å². The number of carbonyl (C=O) groups is 1. The summed E-state index contributed by atoms with van der Waals surface area (Å²) in [6.07, 6.45) is 2.02. The molecule has 1 fully saturated rings. The quantitative estimate of drug-likeness (QED) is 0.854. The number of hydrogen-bond acceptors (Lipinski definition) is 3. The summed E-state index contributed by atoms with van der Waals surface area (Å²) in [5.41, 5.74) is 0.723. The van der Waals surface area contributed by atoms with Gasteiger partial charge in [0.25, 0.3) is 0 Å². The third-order valence-corrected chi connectivity index (χ3v) is 3.88. The molecule has 0 amide bonds. The highest BCUT2D eigenvalue weighted by Gasteiger charge is 2.37. The molecule has 19 heavy (non-hydrogen) atoms. The van der Waals surface area contributed by atoms with Crippen molar-refractivity contribution in [1.29, 1.82) is 0 Å². The lowest BCUT2D eigenvalue weighted by Crippen LogP contribution is -2.41. The third kappa shape index (κ3) is 2.32. The molecular weight excluding hydrogens is 247 g/mol. The van der Waals surface area contributed by atoms with Crippen molar-refractivity contribution >= 4 is 11.8 Å². The van der Waals surface area contributed by atoms with E-state index >= 15 is 0 Å². The van der Waals surface area contributed by atoms with Gasteiger partial charge in [-0.1, -0.05) is 12.1 Å². The molecule has 0 spiro atoms. The average molecular weight is 262 g/mol. The van der Waals surface area contributed by atoms with Crippen LogP contribution in [0.15, 0.2) is 29.3 Å². The van der Waals surface area contributed by atoms with Crippen LogP contribution in [-0.2, 0) is 4.79 Å². The first kappa shape index (κ1) is 12.1. The molecule has 3 unspecified atom stereocenters. The van der Waals surface area contributed by atoms with Crippen LogP contribution < -0.4 is 5.32 Å². The van der Waals surface area contributed by atoms with Crippen molar-refractivity contribution in [3.8, 4) is 0 Å². The first-order chi connectivity index (χ1) is 9.13. The second-order valence-corrected chi connectivity index (χ2v) is 5.15. The number of aliphatic carboxylic acids is 1. The minimum atomic E-state index is -0.737. The Bertz CT molecular complexity index is 544. The van der Waals surface area contributed by atoms with Gasteiger partial charge in [-0.05, 0) is 31.4 Å². The zero-order chi connectivity index (χ0) is 13.4. The summed E-state index contributed by atoms with van der Waals surface area (Å²) in [5.74, 6) is -0.643. The first-order valence-corrected chi connectivity index (χ1v) is 6.46. The number of nitrogens with one attached hydrogen (secondary N) is 1. The summed E-state index contributed by atoms with van der Waals surface area (Å²) >= 11 is 0. The molecule has 1 saturated carbocycles. The summed E-state index contributed by atoms with van der Waals surface area (Å²) in [5, 5.41) is 12.3. The van der Waals surface area contributed by atoms with E-state index < -0.39 is 5.97 Å². The van der Waals surface area contributed by atoms with Crippen LogP contribution in [0, 0.1) is 11.7 Å². The minimum Gasteiger partial charge on any atom is -0.481 e. The predicted octanol–water partition coefficient (Wildman–Crippen LogP) is 1.80. The van der Waals surface area contributed by atoms with Gasteiger partial charge in [-0.2, -0.15) is 0 Å². The van der Waals surface area contributed by atoms with Crippen LogP contribution in [0.5, 0.6) is 0 Å². The predicted molar refractivity (Wildman–Crippen MR) is 68.6 cm³/mol. The molecule has 1 aliphatic carbocycles. The fourth-order valence-electron chi connectivity index (χ4n) is 2.86. The maximum Gasteiger partial charge on any atom is 0.306 e. The fraction of sp³-hybridized carbons (Fsp3) is 0.429. The van der Waals surface area contributed by atoms with E-state index in [1.807, 2.05) is 0 Å². The largest absolute Gasteiger partial charge is 0.481 e. The van der Waals surface area contributed by atoms with Gasteiger partial charge in [0.05, 0.1) is 18.0 Å². The van der Waals surface area contributed by atoms with E-state index in [4.69, 9.17) is 5.11 Å². The van der Waals surface area contributed by atoms with E-state index in [1.54, 1.807) is 12.1 Å². The Morgan fingerprint density at radius 3 is 3.00 bits per heavy atom. The van der Waals surface area contributed by atoms with Crippen LogP contribution in [0.4, 0.5) is 4.39 Å². The number of nitrogens with zero attached hydrogens (tertiary/aromatic N) is 1. The van der Waals surface area contributed by atoms with Crippen molar-refractivity contribution in [3.63, 3.8) is 0 Å². The number of carboxylic acids is 1. The number of amidine groups is 1. The van der Waals surface area contributed by atoms with Crippen LogP contribution in [0.2, 0.25) is 0 Å². The summed E-state index contributed by atoms with van der Waals surface area (Å²) in [6.45, 7) is 0. The van der Waals surface area contributed by atoms with E-state index in [9.17, 15) is 9.18 Å². The van der Waals surface area contributed by atoms with Crippen LogP contribution in [0.1, 0.15) is 24.8 Å². The Balaban J connectivity index is 1.77. The molecule has 1 aromatic carbocycles. The molecular formula is C14H15FN2O2. The standard InChI is InChI=1S/C14H15FN2O2/c15-10-3-1-2-8(6-10)13-16-11-5-4-9(14(18)19)7-12(11)17-13/h1-3,6,9,11-12H,4-5,7H2,(H,16,17)(H,18,19). The molecule has 3 rings (SSSR count). The highest BCUT2D eigenvalue weighted by molar-refractivity contribution is 6.00. The molecule has 5 heteroatoms. The normalized spacial score (nSPS) is 29.3. The summed E-state index contributed by atoms with van der Waals surface area (Å²) in [7, 11) is 0. The lowest BCUT2D eigenvalue weighted by atomic mass is 9.83. The Morgan fingerprint density at radius 2 is 2.26 bits per heavy atom. The van der Waals surface area contributed by atoms with Crippen molar-refractivity contribution in [2.24, 2.45) is 10.9 Å². The first-order valence-electron chi connectivity index (χ1n) is 6.46. The Hall–Kier alpha value is -1.91. The third-order valence-electron chi connectivity index (χ3n) is 3.88. The Morgan fingerprint density at radius 1 is 1.42 bits per heavy atom. The van der Waals surface area contributed by atoms with Crippen molar-refractivity contribution in [3.05, 3.63) is 35.6 Å². The van der Waals surface area contributed by atoms with Gasteiger partial charge >= 0.3 is 5.97 Å². The molecule has 4 nitrogen and oxygen atoms in total. The maximum atomic E-state index is 13.2. The Kier molecular flexibility index (Phi) is 2.97. The van der Waals surface area contributed by atoms with Crippen molar-refractivity contribution in [2.75, 3.05) is 0 Å². The highest BCUT2D eigenvalue weighted by atomic mass is 19.1. The zero-order valence-corrected chi connectivity index (χ0v) is 10.3. The molecule has 0 aromatic heterocycles. The van der Waals surface area contributed by atoms with Crippen molar-refractivity contribution in [1.82, 2.24) is 5.32 Å². The number of benzene rings is 1. The SMILES string of the molecule is O=C(O)C1CCC2N=C(c3cccc(F)c3)NC2C1. The number of hydrogen-bond donors (Lipinski definition) is 2. The van der Waals surface area contributed by atoms with E-state index in [2.05, 4.69) is 10.3 Å². The topological polar surface area (TPSA) is 61.7 Å². The fourth-order valence-corrected chi connectivity index (χ4v) is 2.86. The van der Waals surface area contributed by atoms with Gasteiger partial charge in [0.2, 0.25) is 0 Å².